The molecule has 0 radical (unpaired) electrons. The van der Waals surface area contributed by atoms with Crippen molar-refractivity contribution in [3.8, 4) is 12.3 Å². The number of terminal acetylenes is 1. The third kappa shape index (κ3) is 5.65. The zero-order valence-corrected chi connectivity index (χ0v) is 10.8. The Morgan fingerprint density at radius 1 is 1.20 bits per heavy atom. The molecule has 0 fully saturated rings. The Morgan fingerprint density at radius 2 is 1.85 bits per heavy atom. The maximum absolute atomic E-state index is 12.3. The van der Waals surface area contributed by atoms with E-state index in [2.05, 4.69) is 16.6 Å². The summed E-state index contributed by atoms with van der Waals surface area (Å²) in [6.07, 6.45) is 2.93. The molecule has 0 saturated carbocycles. The molecule has 2 N–H and O–H groups in total. The second-order valence-electron chi connectivity index (χ2n) is 4.12. The molecular formula is C14H15F3N2O. The summed E-state index contributed by atoms with van der Waals surface area (Å²) in [7, 11) is 0. The minimum Gasteiger partial charge on any atom is -0.338 e. The van der Waals surface area contributed by atoms with E-state index in [9.17, 15) is 18.0 Å². The van der Waals surface area contributed by atoms with Gasteiger partial charge in [-0.2, -0.15) is 13.2 Å². The van der Waals surface area contributed by atoms with Crippen LogP contribution in [0.3, 0.4) is 0 Å². The lowest BCUT2D eigenvalue weighted by Crippen LogP contribution is -2.29. The lowest BCUT2D eigenvalue weighted by molar-refractivity contribution is -0.137. The SMILES string of the molecule is C#CCCCCNC(=O)Nc1ccc(C(F)(F)F)cc1. The summed E-state index contributed by atoms with van der Waals surface area (Å²) in [5, 5.41) is 5.05. The van der Waals surface area contributed by atoms with Crippen LogP contribution < -0.4 is 10.6 Å². The number of benzene rings is 1. The molecule has 3 nitrogen and oxygen atoms in total. The molecule has 6 heteroatoms. The topological polar surface area (TPSA) is 41.1 Å². The molecule has 1 rings (SSSR count). The van der Waals surface area contributed by atoms with E-state index in [0.29, 0.717) is 18.7 Å². The number of unbranched alkanes of at least 4 members (excludes halogenated alkanes) is 2. The molecule has 0 aromatic heterocycles. The van der Waals surface area contributed by atoms with Crippen LogP contribution in [0.15, 0.2) is 24.3 Å². The second kappa shape index (κ2) is 7.43. The van der Waals surface area contributed by atoms with Crippen molar-refractivity contribution in [2.45, 2.75) is 25.4 Å². The van der Waals surface area contributed by atoms with Crippen molar-refractivity contribution in [1.82, 2.24) is 5.32 Å². The molecule has 0 atom stereocenters. The van der Waals surface area contributed by atoms with Crippen LogP contribution in [-0.2, 0) is 6.18 Å². The first kappa shape index (κ1) is 15.9. The number of halogens is 3. The number of carbonyl (C=O) groups excluding carboxylic acids is 1. The van der Waals surface area contributed by atoms with Crippen molar-refractivity contribution < 1.29 is 18.0 Å². The first-order chi connectivity index (χ1) is 9.43. The largest absolute Gasteiger partial charge is 0.416 e. The van der Waals surface area contributed by atoms with Crippen molar-refractivity contribution in [2.75, 3.05) is 11.9 Å². The van der Waals surface area contributed by atoms with Crippen LogP contribution in [0.4, 0.5) is 23.7 Å². The molecule has 0 unspecified atom stereocenters. The van der Waals surface area contributed by atoms with Crippen molar-refractivity contribution in [3.05, 3.63) is 29.8 Å². The van der Waals surface area contributed by atoms with Gasteiger partial charge in [-0.25, -0.2) is 4.79 Å². The fraction of sp³-hybridized carbons (Fsp3) is 0.357. The molecule has 0 spiro atoms. The van der Waals surface area contributed by atoms with Crippen molar-refractivity contribution in [1.29, 1.82) is 0 Å². The highest BCUT2D eigenvalue weighted by molar-refractivity contribution is 5.89. The predicted octanol–water partition coefficient (Wildman–Crippen LogP) is 3.63. The van der Waals surface area contributed by atoms with E-state index in [-0.39, 0.29) is 0 Å². The number of anilines is 1. The number of amides is 2. The van der Waals surface area contributed by atoms with Crippen molar-refractivity contribution >= 4 is 11.7 Å². The molecule has 0 aliphatic heterocycles. The van der Waals surface area contributed by atoms with Gasteiger partial charge in [0.05, 0.1) is 5.56 Å². The predicted molar refractivity (Wildman–Crippen MR) is 71.1 cm³/mol. The summed E-state index contributed by atoms with van der Waals surface area (Å²) < 4.78 is 37.0. The Kier molecular flexibility index (Phi) is 5.91. The summed E-state index contributed by atoms with van der Waals surface area (Å²) in [6.45, 7) is 0.466. The van der Waals surface area contributed by atoms with Crippen LogP contribution in [0.1, 0.15) is 24.8 Å². The molecule has 108 valence electrons. The number of hydrogen-bond acceptors (Lipinski definition) is 1. The summed E-state index contributed by atoms with van der Waals surface area (Å²) >= 11 is 0. The van der Waals surface area contributed by atoms with Crippen LogP contribution in [0.5, 0.6) is 0 Å². The van der Waals surface area contributed by atoms with Gasteiger partial charge >= 0.3 is 12.2 Å². The van der Waals surface area contributed by atoms with E-state index in [4.69, 9.17) is 6.42 Å². The molecule has 0 saturated heterocycles. The average Bonchev–Trinajstić information content (AvgIpc) is 2.38. The standard InChI is InChI=1S/C14H15F3N2O/c1-2-3-4-5-10-18-13(20)19-12-8-6-11(7-9-12)14(15,16)17/h1,6-9H,3-5,10H2,(H2,18,19,20). The van der Waals surface area contributed by atoms with Crippen molar-refractivity contribution in [3.63, 3.8) is 0 Å². The van der Waals surface area contributed by atoms with Crippen molar-refractivity contribution in [2.24, 2.45) is 0 Å². The summed E-state index contributed by atoms with van der Waals surface area (Å²) in [5.74, 6) is 2.49. The van der Waals surface area contributed by atoms with Gasteiger partial charge < -0.3 is 10.6 Å². The van der Waals surface area contributed by atoms with Gasteiger partial charge in [-0.3, -0.25) is 0 Å². The normalized spacial score (nSPS) is 10.7. The fourth-order valence-electron chi connectivity index (χ4n) is 1.47. The van der Waals surface area contributed by atoms with Gasteiger partial charge in [0.2, 0.25) is 0 Å². The van der Waals surface area contributed by atoms with E-state index in [1.54, 1.807) is 0 Å². The van der Waals surface area contributed by atoms with Crippen LogP contribution in [0.25, 0.3) is 0 Å². The number of hydrogen-bond donors (Lipinski definition) is 2. The van der Waals surface area contributed by atoms with Crippen LogP contribution >= 0.6 is 0 Å². The zero-order valence-electron chi connectivity index (χ0n) is 10.8. The second-order valence-corrected chi connectivity index (χ2v) is 4.12. The van der Waals surface area contributed by atoms with E-state index >= 15 is 0 Å². The third-order valence-electron chi connectivity index (χ3n) is 2.50. The highest BCUT2D eigenvalue weighted by Crippen LogP contribution is 2.29. The summed E-state index contributed by atoms with van der Waals surface area (Å²) in [4.78, 5) is 11.4. The highest BCUT2D eigenvalue weighted by atomic mass is 19.4. The number of nitrogens with one attached hydrogen (secondary N) is 2. The fourth-order valence-corrected chi connectivity index (χ4v) is 1.47. The minimum absolute atomic E-state index is 0.305. The van der Waals surface area contributed by atoms with E-state index in [1.165, 1.54) is 12.1 Å². The smallest absolute Gasteiger partial charge is 0.338 e. The van der Waals surface area contributed by atoms with Gasteiger partial charge in [0.25, 0.3) is 0 Å². The first-order valence-electron chi connectivity index (χ1n) is 6.09. The number of rotatable bonds is 5. The van der Waals surface area contributed by atoms with Crippen LogP contribution in [0.2, 0.25) is 0 Å². The van der Waals surface area contributed by atoms with E-state index in [1.807, 2.05) is 0 Å². The maximum atomic E-state index is 12.3. The molecule has 0 aliphatic carbocycles. The van der Waals surface area contributed by atoms with Gasteiger partial charge in [-0.1, -0.05) is 0 Å². The molecule has 0 heterocycles. The average molecular weight is 284 g/mol. The third-order valence-corrected chi connectivity index (χ3v) is 2.50. The molecular weight excluding hydrogens is 269 g/mol. The Balaban J connectivity index is 2.37. The van der Waals surface area contributed by atoms with Crippen LogP contribution in [0, 0.1) is 12.3 Å². The molecule has 0 bridgehead atoms. The Labute approximate surface area is 115 Å². The van der Waals surface area contributed by atoms with Gasteiger partial charge in [0.15, 0.2) is 0 Å². The highest BCUT2D eigenvalue weighted by Gasteiger charge is 2.29. The lowest BCUT2D eigenvalue weighted by Gasteiger charge is -2.09. The molecule has 0 aliphatic rings. The van der Waals surface area contributed by atoms with E-state index < -0.39 is 17.8 Å². The Bertz CT molecular complexity index is 475. The minimum atomic E-state index is -4.38. The Morgan fingerprint density at radius 3 is 2.40 bits per heavy atom. The van der Waals surface area contributed by atoms with E-state index in [0.717, 1.165) is 25.0 Å². The molecule has 2 amide bonds. The Hall–Kier alpha value is -2.16. The molecule has 1 aromatic rings. The monoisotopic (exact) mass is 284 g/mol. The van der Waals surface area contributed by atoms with Gasteiger partial charge in [-0.15, -0.1) is 12.3 Å². The van der Waals surface area contributed by atoms with Gasteiger partial charge in [0.1, 0.15) is 0 Å². The molecule has 20 heavy (non-hydrogen) atoms. The van der Waals surface area contributed by atoms with Gasteiger partial charge in [-0.05, 0) is 37.1 Å². The van der Waals surface area contributed by atoms with Gasteiger partial charge in [0, 0.05) is 18.7 Å². The number of carbonyl (C=O) groups is 1. The lowest BCUT2D eigenvalue weighted by atomic mass is 10.2. The van der Waals surface area contributed by atoms with Crippen LogP contribution in [-0.4, -0.2) is 12.6 Å². The zero-order chi connectivity index (χ0) is 15.0. The number of alkyl halides is 3. The summed E-state index contributed by atoms with van der Waals surface area (Å²) in [5.41, 5.74) is -0.447. The first-order valence-corrected chi connectivity index (χ1v) is 6.09. The maximum Gasteiger partial charge on any atom is 0.416 e. The quantitative estimate of drug-likeness (QED) is 0.629. The number of urea groups is 1. The molecule has 1 aromatic carbocycles. The summed E-state index contributed by atoms with van der Waals surface area (Å²) in [6, 6.07) is 3.80.